The van der Waals surface area contributed by atoms with E-state index in [4.69, 9.17) is 0 Å². The van der Waals surface area contributed by atoms with E-state index in [0.717, 1.165) is 18.2 Å². The molecule has 0 amide bonds. The first kappa shape index (κ1) is 14.2. The van der Waals surface area contributed by atoms with E-state index in [-0.39, 0.29) is 4.75 Å². The van der Waals surface area contributed by atoms with Gasteiger partial charge in [-0.3, -0.25) is 4.21 Å². The van der Waals surface area contributed by atoms with Gasteiger partial charge in [0.1, 0.15) is 0 Å². The van der Waals surface area contributed by atoms with Gasteiger partial charge in [-0.2, -0.15) is 0 Å². The normalized spacial score (nSPS) is 22.2. The molecule has 16 heavy (non-hydrogen) atoms. The molecule has 0 aromatic heterocycles. The second-order valence-corrected chi connectivity index (χ2v) is 8.08. The van der Waals surface area contributed by atoms with E-state index >= 15 is 0 Å². The van der Waals surface area contributed by atoms with Crippen LogP contribution in [0.5, 0.6) is 0 Å². The summed E-state index contributed by atoms with van der Waals surface area (Å²) in [6, 6.07) is 0.465. The minimum absolute atomic E-state index is 0.0771. The summed E-state index contributed by atoms with van der Waals surface area (Å²) in [5, 5.41) is 3.53. The van der Waals surface area contributed by atoms with Gasteiger partial charge in [-0.1, -0.05) is 19.8 Å². The third-order valence-electron chi connectivity index (χ3n) is 3.45. The Balaban J connectivity index is 2.53. The van der Waals surface area contributed by atoms with Gasteiger partial charge in [-0.15, -0.1) is 0 Å². The monoisotopic (exact) mass is 245 g/mol. The molecule has 1 aliphatic carbocycles. The van der Waals surface area contributed by atoms with Crippen molar-refractivity contribution in [3.05, 3.63) is 0 Å². The van der Waals surface area contributed by atoms with Crippen LogP contribution in [0.4, 0.5) is 0 Å². The highest BCUT2D eigenvalue weighted by atomic mass is 32.2. The lowest BCUT2D eigenvalue weighted by Crippen LogP contribution is -2.42. The quantitative estimate of drug-likeness (QED) is 0.807. The first-order chi connectivity index (χ1) is 7.45. The maximum Gasteiger partial charge on any atom is 0.0396 e. The molecule has 1 saturated carbocycles. The van der Waals surface area contributed by atoms with Gasteiger partial charge in [0.25, 0.3) is 0 Å². The van der Waals surface area contributed by atoms with Crippen molar-refractivity contribution in [1.29, 1.82) is 0 Å². The number of hydrogen-bond acceptors (Lipinski definition) is 2. The Kier molecular flexibility index (Phi) is 5.45. The van der Waals surface area contributed by atoms with Gasteiger partial charge < -0.3 is 5.32 Å². The molecule has 2 unspecified atom stereocenters. The fourth-order valence-corrected chi connectivity index (χ4v) is 3.61. The zero-order valence-electron chi connectivity index (χ0n) is 11.2. The van der Waals surface area contributed by atoms with E-state index in [2.05, 4.69) is 33.0 Å². The SMILES string of the molecule is CCNC(CS(=O)C(C)(C)C)C1CCCC1. The van der Waals surface area contributed by atoms with Crippen LogP contribution in [0.15, 0.2) is 0 Å². The van der Waals surface area contributed by atoms with Crippen LogP contribution in [0.3, 0.4) is 0 Å². The molecule has 0 aromatic rings. The van der Waals surface area contributed by atoms with Crippen LogP contribution in [0, 0.1) is 5.92 Å². The van der Waals surface area contributed by atoms with Crippen LogP contribution >= 0.6 is 0 Å². The molecule has 1 rings (SSSR count). The van der Waals surface area contributed by atoms with Crippen molar-refractivity contribution in [3.63, 3.8) is 0 Å². The summed E-state index contributed by atoms with van der Waals surface area (Å²) in [7, 11) is -0.727. The first-order valence-electron chi connectivity index (χ1n) is 6.57. The van der Waals surface area contributed by atoms with E-state index in [1.54, 1.807) is 0 Å². The van der Waals surface area contributed by atoms with E-state index in [9.17, 15) is 4.21 Å². The summed E-state index contributed by atoms with van der Waals surface area (Å²) in [6.45, 7) is 9.34. The molecule has 0 saturated heterocycles. The molecule has 0 spiro atoms. The Hall–Kier alpha value is 0.110. The second kappa shape index (κ2) is 6.15. The summed E-state index contributed by atoms with van der Waals surface area (Å²) >= 11 is 0. The highest BCUT2D eigenvalue weighted by Crippen LogP contribution is 2.29. The van der Waals surface area contributed by atoms with Crippen LogP contribution in [0.25, 0.3) is 0 Å². The molecule has 1 N–H and O–H groups in total. The van der Waals surface area contributed by atoms with E-state index < -0.39 is 10.8 Å². The fraction of sp³-hybridized carbons (Fsp3) is 1.00. The zero-order valence-corrected chi connectivity index (χ0v) is 12.0. The lowest BCUT2D eigenvalue weighted by molar-refractivity contribution is 0.391. The smallest absolute Gasteiger partial charge is 0.0396 e. The number of hydrogen-bond donors (Lipinski definition) is 1. The lowest BCUT2D eigenvalue weighted by atomic mass is 10.00. The molecular formula is C13H27NOS. The van der Waals surface area contributed by atoms with Crippen molar-refractivity contribution in [2.45, 2.75) is 64.2 Å². The summed E-state index contributed by atoms with van der Waals surface area (Å²) in [5.41, 5.74) is 0. The van der Waals surface area contributed by atoms with Crippen molar-refractivity contribution in [1.82, 2.24) is 5.32 Å². The Bertz CT molecular complexity index is 229. The molecule has 2 nitrogen and oxygen atoms in total. The van der Waals surface area contributed by atoms with Gasteiger partial charge in [-0.05, 0) is 46.1 Å². The molecule has 96 valence electrons. The molecule has 3 heteroatoms. The molecule has 0 heterocycles. The maximum atomic E-state index is 12.2. The van der Waals surface area contributed by atoms with Crippen LogP contribution in [0.1, 0.15) is 53.4 Å². The Labute approximate surface area is 103 Å². The summed E-state index contributed by atoms with van der Waals surface area (Å²) in [6.07, 6.45) is 5.35. The topological polar surface area (TPSA) is 29.1 Å². The van der Waals surface area contributed by atoms with Crippen molar-refractivity contribution in [2.75, 3.05) is 12.3 Å². The van der Waals surface area contributed by atoms with Gasteiger partial charge in [0.05, 0.1) is 0 Å². The van der Waals surface area contributed by atoms with E-state index in [1.165, 1.54) is 25.7 Å². The molecular weight excluding hydrogens is 218 g/mol. The van der Waals surface area contributed by atoms with Crippen molar-refractivity contribution in [2.24, 2.45) is 5.92 Å². The average molecular weight is 245 g/mol. The van der Waals surface area contributed by atoms with Crippen molar-refractivity contribution >= 4 is 10.8 Å². The molecule has 0 aromatic carbocycles. The van der Waals surface area contributed by atoms with Gasteiger partial charge >= 0.3 is 0 Å². The minimum Gasteiger partial charge on any atom is -0.313 e. The third-order valence-corrected chi connectivity index (χ3v) is 5.48. The highest BCUT2D eigenvalue weighted by molar-refractivity contribution is 7.86. The molecule has 1 aliphatic rings. The van der Waals surface area contributed by atoms with E-state index in [1.807, 2.05) is 0 Å². The fourth-order valence-electron chi connectivity index (χ4n) is 2.40. The van der Waals surface area contributed by atoms with E-state index in [0.29, 0.717) is 6.04 Å². The predicted octanol–water partition coefficient (Wildman–Crippen LogP) is 2.70. The maximum absolute atomic E-state index is 12.2. The second-order valence-electron chi connectivity index (χ2n) is 5.83. The highest BCUT2D eigenvalue weighted by Gasteiger charge is 2.29. The van der Waals surface area contributed by atoms with Crippen LogP contribution in [-0.4, -0.2) is 27.3 Å². The third kappa shape index (κ3) is 4.17. The van der Waals surface area contributed by atoms with Crippen LogP contribution in [0.2, 0.25) is 0 Å². The van der Waals surface area contributed by atoms with Gasteiger partial charge in [0.15, 0.2) is 0 Å². The lowest BCUT2D eigenvalue weighted by Gasteiger charge is -2.27. The molecule has 0 radical (unpaired) electrons. The van der Waals surface area contributed by atoms with Crippen LogP contribution in [-0.2, 0) is 10.8 Å². The van der Waals surface area contributed by atoms with Gasteiger partial charge in [-0.25, -0.2) is 0 Å². The average Bonchev–Trinajstić information content (AvgIpc) is 2.68. The van der Waals surface area contributed by atoms with Crippen molar-refractivity contribution in [3.8, 4) is 0 Å². The largest absolute Gasteiger partial charge is 0.313 e. The summed E-state index contributed by atoms with van der Waals surface area (Å²) in [4.78, 5) is 0. The predicted molar refractivity (Wildman–Crippen MR) is 72.2 cm³/mol. The zero-order chi connectivity index (χ0) is 12.2. The molecule has 0 aliphatic heterocycles. The molecule has 0 bridgehead atoms. The van der Waals surface area contributed by atoms with Crippen LogP contribution < -0.4 is 5.32 Å². The Morgan fingerprint density at radius 3 is 2.31 bits per heavy atom. The minimum atomic E-state index is -0.727. The standard InChI is InChI=1S/C13H27NOS/c1-5-14-12(11-8-6-7-9-11)10-16(15)13(2,3)4/h11-12,14H,5-10H2,1-4H3. The first-order valence-corrected chi connectivity index (χ1v) is 7.89. The number of nitrogens with one attached hydrogen (secondary N) is 1. The molecule has 1 fully saturated rings. The summed E-state index contributed by atoms with van der Waals surface area (Å²) < 4.78 is 12.1. The van der Waals surface area contributed by atoms with Crippen molar-refractivity contribution < 1.29 is 4.21 Å². The molecule has 2 atom stereocenters. The van der Waals surface area contributed by atoms with Gasteiger partial charge in [0.2, 0.25) is 0 Å². The Morgan fingerprint density at radius 2 is 1.88 bits per heavy atom. The summed E-state index contributed by atoms with van der Waals surface area (Å²) in [5.74, 6) is 1.58. The number of rotatable bonds is 5. The Morgan fingerprint density at radius 1 is 1.31 bits per heavy atom. The van der Waals surface area contributed by atoms with Gasteiger partial charge in [0, 0.05) is 27.3 Å².